The van der Waals surface area contributed by atoms with Crippen LogP contribution in [0.15, 0.2) is 209 Å². The number of anilines is 16. The maximum atomic E-state index is 15.0. The Morgan fingerprint density at radius 3 is 0.887 bits per heavy atom. The fraction of sp³-hybridized carbons (Fsp3) is 0.115. The summed E-state index contributed by atoms with van der Waals surface area (Å²) in [6.45, 7) is 12.9. The van der Waals surface area contributed by atoms with E-state index >= 15 is 0 Å². The van der Waals surface area contributed by atoms with Crippen LogP contribution in [0.3, 0.4) is 0 Å². The molecule has 8 heterocycles. The maximum absolute atomic E-state index is 15.0. The van der Waals surface area contributed by atoms with Crippen molar-refractivity contribution in [1.29, 1.82) is 0 Å². The predicted octanol–water partition coefficient (Wildman–Crippen LogP) is 19.7. The van der Waals surface area contributed by atoms with Crippen LogP contribution in [0.25, 0.3) is 44.5 Å². The molecule has 0 spiro atoms. The number of nitrogens with zero attached hydrogens (tertiary/aromatic N) is 12. The van der Waals surface area contributed by atoms with Gasteiger partial charge < -0.3 is 47.9 Å². The van der Waals surface area contributed by atoms with Crippen LogP contribution < -0.4 is 57.7 Å². The van der Waals surface area contributed by atoms with Crippen molar-refractivity contribution < 1.29 is 47.6 Å². The van der Waals surface area contributed by atoms with Crippen LogP contribution >= 0.6 is 58.0 Å². The number of nitrogens with two attached hydrogens (primary N) is 1. The molecule has 0 aliphatic carbocycles. The molecule has 0 bridgehead atoms. The molecule has 16 rings (SSSR count). The number of aryl methyl sites for hydroxylation is 7. The van der Waals surface area contributed by atoms with Gasteiger partial charge in [0.25, 0.3) is 5.91 Å². The van der Waals surface area contributed by atoms with Crippen molar-refractivity contribution in [2.45, 2.75) is 63.2 Å². The highest BCUT2D eigenvalue weighted by atomic mass is 35.5. The number of amides is 1. The van der Waals surface area contributed by atoms with Crippen LogP contribution in [-0.4, -0.2) is 132 Å². The third-order valence-corrected chi connectivity index (χ3v) is 24.2. The van der Waals surface area contributed by atoms with Gasteiger partial charge in [0, 0.05) is 71.5 Å². The van der Waals surface area contributed by atoms with E-state index in [0.29, 0.717) is 102 Å². The van der Waals surface area contributed by atoms with Gasteiger partial charge in [-0.2, -0.15) is 40.3 Å². The minimum atomic E-state index is -3.81. The lowest BCUT2D eigenvalue weighted by atomic mass is 10.00. The highest BCUT2D eigenvalue weighted by molar-refractivity contribution is 7.90. The molecule has 0 aliphatic heterocycles. The lowest BCUT2D eigenvalue weighted by Crippen LogP contribution is -2.18. The number of hydrogen-bond acceptors (Lipinski definition) is 27. The van der Waals surface area contributed by atoms with Crippen molar-refractivity contribution in [1.82, 2.24) is 90.7 Å². The number of benzene rings is 8. The van der Waals surface area contributed by atoms with E-state index in [2.05, 4.69) is 133 Å². The number of primary sulfonamides is 1. The molecule has 16 N–H and O–H groups in total. The Labute approximate surface area is 783 Å². The van der Waals surface area contributed by atoms with Gasteiger partial charge in [0.15, 0.2) is 56.4 Å². The lowest BCUT2D eigenvalue weighted by molar-refractivity contribution is 0.0963. The third-order valence-electron chi connectivity index (χ3n) is 19.3. The van der Waals surface area contributed by atoms with Crippen molar-refractivity contribution in [3.05, 3.63) is 288 Å². The zero-order chi connectivity index (χ0) is 95.5. The SMILES string of the molecule is CNC(=O)c1ccc(-c2cc(F)c(Nc3ncc(Cl)c(Nc4cc(C)[nH]n4)n3)cc2Cl)cc1.CNS(=O)(=O)c1ccc(-c2cc(F)c(Nc3ncc(Cl)c(Nc4cc(C)[nH]n4)n3)cc2C)cc1.Cc1cc(Nc2nc(Nc3cc(C)c(-c4ccc(S(C)(=O)=O)cc4)cc3F)ncc2Cl)n[nH]1.Cc1cc(Nc2nc(Nc3cc(C)c(-c4ccc(S(N)(=O)=O)cc4)cc3F)ncc2Cl)n[nH]1. The molecule has 0 unspecified atom stereocenters. The summed E-state index contributed by atoms with van der Waals surface area (Å²) in [5.41, 5.74) is 11.9. The van der Waals surface area contributed by atoms with E-state index < -0.39 is 53.2 Å². The lowest BCUT2D eigenvalue weighted by Gasteiger charge is -2.13. The summed E-state index contributed by atoms with van der Waals surface area (Å²) in [7, 11) is -7.77. The molecule has 1 amide bonds. The van der Waals surface area contributed by atoms with Crippen LogP contribution in [0.2, 0.25) is 25.1 Å². The van der Waals surface area contributed by atoms with Gasteiger partial charge in [-0.1, -0.05) is 107 Å². The summed E-state index contributed by atoms with van der Waals surface area (Å²) in [6.07, 6.45) is 6.73. The predicted molar refractivity (Wildman–Crippen MR) is 508 cm³/mol. The summed E-state index contributed by atoms with van der Waals surface area (Å²) in [5.74, 6) is 1.58. The molecule has 16 aromatic rings. The maximum Gasteiger partial charge on any atom is 0.251 e. The fourth-order valence-electron chi connectivity index (χ4n) is 12.7. The quantitative estimate of drug-likeness (QED) is 0.0236. The van der Waals surface area contributed by atoms with Crippen LogP contribution in [0.4, 0.5) is 111 Å². The summed E-state index contributed by atoms with van der Waals surface area (Å²) in [5, 5.41) is 60.0. The minimum Gasteiger partial charge on any atom is -0.355 e. The summed E-state index contributed by atoms with van der Waals surface area (Å²) >= 11 is 31.1. The second-order valence-corrected chi connectivity index (χ2v) is 36.8. The molecule has 0 radical (unpaired) electrons. The van der Waals surface area contributed by atoms with Crippen LogP contribution in [-0.2, 0) is 29.9 Å². The van der Waals surface area contributed by atoms with Crippen molar-refractivity contribution in [3.8, 4) is 44.5 Å². The third kappa shape index (κ3) is 24.7. The Kier molecular flexibility index (Phi) is 30.0. The number of hydrogen-bond donors (Lipinski definition) is 15. The molecular weight excluding hydrogens is 1880 g/mol. The number of carbonyl (C=O) groups excluding carboxylic acids is 1. The molecule has 8 aromatic heterocycles. The summed E-state index contributed by atoms with van der Waals surface area (Å²) < 4.78 is 132. The number of rotatable bonds is 25. The normalized spacial score (nSPS) is 11.2. The molecule has 8 aromatic carbocycles. The van der Waals surface area contributed by atoms with Crippen molar-refractivity contribution in [2.75, 3.05) is 62.9 Å². The van der Waals surface area contributed by atoms with E-state index in [4.69, 9.17) is 63.1 Å². The standard InChI is InChI=1S/C22H18Cl2FN7O.C22H21ClFN7O2S.C22H20ClFN6O2S.C21H19ClFN7O2S/c1-11-7-19(32-31-11)29-20-16(24)10-27-22(30-20)28-18-9-15(23)14(8-17(18)25)12-3-5-13(6-4-12)21(33)26-2;1-12-8-19(18(24)10-16(12)14-4-6-15(7-5-14)34(32,33)25-3)27-22-26-11-17(23)21(29-22)28-20-9-13(2)30-31-20;1-12-8-19(18(24)10-16(12)14-4-6-15(7-5-14)33(3,31)32)26-22-25-11-17(23)21(28-22)27-20-9-13(2)29-30-20;1-11-7-18(17(23)9-15(11)13-3-5-14(6-4-13)33(24,31)32)26-21-25-10-16(22)20(28-21)27-19-8-12(2)29-30-19/h3-10H,1-2H3,(H,26,33)(H3,27,28,29,30,31,32);4-11,25H,1-3H3,(H3,26,27,28,29,30,31);4-11H,1-3H3,(H3,25,26,27,28,29,30);3-10H,1-2H3,(H2,24,31,32)(H3,25,26,27,28,29,30). The second kappa shape index (κ2) is 41.4. The Morgan fingerprint density at radius 2 is 0.617 bits per heavy atom. The highest BCUT2D eigenvalue weighted by Gasteiger charge is 2.22. The molecular formula is C87H78Cl5F4N27O7S3. The number of H-pyrrole nitrogens is 4. The van der Waals surface area contributed by atoms with Gasteiger partial charge in [-0.05, 0) is 208 Å². The molecule has 0 atom stereocenters. The molecule has 133 heavy (non-hydrogen) atoms. The van der Waals surface area contributed by atoms with E-state index in [9.17, 15) is 47.6 Å². The molecule has 0 saturated carbocycles. The van der Waals surface area contributed by atoms with E-state index in [1.54, 1.807) is 110 Å². The van der Waals surface area contributed by atoms with E-state index in [1.165, 1.54) is 98.6 Å². The Morgan fingerprint density at radius 1 is 0.346 bits per heavy atom. The van der Waals surface area contributed by atoms with E-state index in [1.807, 2.05) is 48.5 Å². The smallest absolute Gasteiger partial charge is 0.251 e. The zero-order valence-corrected chi connectivity index (χ0v) is 77.6. The van der Waals surface area contributed by atoms with Gasteiger partial charge >= 0.3 is 0 Å². The first-order valence-electron chi connectivity index (χ1n) is 39.2. The minimum absolute atomic E-state index is 0.0167. The molecule has 34 nitrogen and oxygen atoms in total. The molecule has 0 aliphatic rings. The van der Waals surface area contributed by atoms with Crippen molar-refractivity contribution >= 4 is 187 Å². The monoisotopic (exact) mass is 1960 g/mol. The Bertz CT molecular complexity index is 7180. The number of nitrogens with one attached hydrogen (secondary N) is 14. The van der Waals surface area contributed by atoms with Gasteiger partial charge in [-0.3, -0.25) is 25.2 Å². The van der Waals surface area contributed by atoms with Gasteiger partial charge in [0.2, 0.25) is 43.8 Å². The van der Waals surface area contributed by atoms with Gasteiger partial charge in [-0.15, -0.1) is 0 Å². The van der Waals surface area contributed by atoms with Crippen molar-refractivity contribution in [2.24, 2.45) is 5.14 Å². The first-order valence-corrected chi connectivity index (χ1v) is 46.0. The fourth-order valence-corrected chi connectivity index (χ4v) is 15.4. The number of aromatic amines is 4. The molecule has 46 heteroatoms. The van der Waals surface area contributed by atoms with E-state index in [0.717, 1.165) is 45.7 Å². The number of aromatic nitrogens is 16. The Balaban J connectivity index is 0.000000151. The first kappa shape index (κ1) is 96.3. The van der Waals surface area contributed by atoms with Crippen LogP contribution in [0.1, 0.15) is 49.8 Å². The number of carbonyl (C=O) groups is 1. The topological polar surface area (TPSA) is 484 Å². The zero-order valence-electron chi connectivity index (χ0n) is 71.4. The average Bonchev–Trinajstić information content (AvgIpc) is 1.60. The molecule has 684 valence electrons. The van der Waals surface area contributed by atoms with Gasteiger partial charge in [-0.25, -0.2) is 72.6 Å². The first-order chi connectivity index (χ1) is 63.2. The highest BCUT2D eigenvalue weighted by Crippen LogP contribution is 2.39. The Hall–Kier alpha value is -14.3. The van der Waals surface area contributed by atoms with Gasteiger partial charge in [0.1, 0.15) is 43.4 Å². The van der Waals surface area contributed by atoms with Crippen molar-refractivity contribution in [3.63, 3.8) is 0 Å². The summed E-state index contributed by atoms with van der Waals surface area (Å²) in [4.78, 5) is 45.7. The molecule has 0 saturated heterocycles. The second-order valence-electron chi connectivity index (χ2n) is 29.3. The number of halogens is 9. The van der Waals surface area contributed by atoms with Crippen LogP contribution in [0.5, 0.6) is 0 Å². The average molecular weight is 1960 g/mol. The van der Waals surface area contributed by atoms with E-state index in [-0.39, 0.29) is 87.2 Å². The van der Waals surface area contributed by atoms with Gasteiger partial charge in [0.05, 0.1) is 67.2 Å². The number of sulfone groups is 1. The number of sulfonamides is 2. The largest absolute Gasteiger partial charge is 0.355 e. The molecule has 0 fully saturated rings. The summed E-state index contributed by atoms with van der Waals surface area (Å²) in [6, 6.07) is 44.0. The van der Waals surface area contributed by atoms with Crippen LogP contribution in [0, 0.1) is 71.7 Å².